The van der Waals surface area contributed by atoms with E-state index in [1.807, 2.05) is 36.4 Å². The number of unbranched alkanes of at least 4 members (excludes halogenated alkanes) is 1. The Bertz CT molecular complexity index is 1100. The summed E-state index contributed by atoms with van der Waals surface area (Å²) in [5.41, 5.74) is 2.68. The minimum absolute atomic E-state index is 0.0609. The van der Waals surface area contributed by atoms with Crippen molar-refractivity contribution in [2.45, 2.75) is 45.2 Å². The van der Waals surface area contributed by atoms with Crippen LogP contribution >= 0.6 is 11.5 Å². The molecule has 3 aromatic heterocycles. The van der Waals surface area contributed by atoms with Gasteiger partial charge in [-0.1, -0.05) is 16.6 Å². The fourth-order valence-electron chi connectivity index (χ4n) is 3.51. The Morgan fingerprint density at radius 2 is 1.69 bits per heavy atom. The highest BCUT2D eigenvalue weighted by Crippen LogP contribution is 2.14. The van der Waals surface area contributed by atoms with Crippen LogP contribution < -0.4 is 10.5 Å². The number of rotatable bonds is 15. The van der Waals surface area contributed by atoms with E-state index >= 15 is 0 Å². The largest absolute Gasteiger partial charge is 0.356 e. The second-order valence-corrected chi connectivity index (χ2v) is 10.7. The number of nitrogens with one attached hydrogen (secondary N) is 1. The fraction of sp³-hybridized carbons (Fsp3) is 0.435. The summed E-state index contributed by atoms with van der Waals surface area (Å²) in [7, 11) is -3.55. The molecule has 0 unspecified atom stereocenters. The molecule has 3 heterocycles. The molecule has 10 nitrogen and oxygen atoms in total. The van der Waals surface area contributed by atoms with Crippen molar-refractivity contribution in [3.8, 4) is 0 Å². The highest BCUT2D eigenvalue weighted by Gasteiger charge is 2.13. The van der Waals surface area contributed by atoms with Crippen molar-refractivity contribution in [2.24, 2.45) is 5.14 Å². The summed E-state index contributed by atoms with van der Waals surface area (Å²) >= 11 is 1.14. The van der Waals surface area contributed by atoms with Gasteiger partial charge in [-0.3, -0.25) is 19.7 Å². The average Bonchev–Trinajstić information content (AvgIpc) is 3.29. The molecule has 1 amide bonds. The minimum atomic E-state index is -3.55. The summed E-state index contributed by atoms with van der Waals surface area (Å²) in [6, 6.07) is 11.8. The number of hydrogen-bond acceptors (Lipinski definition) is 9. The lowest BCUT2D eigenvalue weighted by Crippen LogP contribution is -2.27. The normalized spacial score (nSPS) is 11.6. The molecule has 35 heavy (non-hydrogen) atoms. The van der Waals surface area contributed by atoms with E-state index in [1.54, 1.807) is 12.4 Å². The quantitative estimate of drug-likeness (QED) is 0.290. The first kappa shape index (κ1) is 26.8. The number of nitrogens with two attached hydrogens (primary N) is 1. The second-order valence-electron chi connectivity index (χ2n) is 8.17. The number of sulfonamides is 1. The predicted octanol–water partition coefficient (Wildman–Crippen LogP) is 1.69. The van der Waals surface area contributed by atoms with Crippen molar-refractivity contribution < 1.29 is 13.2 Å². The Morgan fingerprint density at radius 3 is 2.29 bits per heavy atom. The van der Waals surface area contributed by atoms with Gasteiger partial charge in [0.15, 0.2) is 0 Å². The summed E-state index contributed by atoms with van der Waals surface area (Å²) in [6.07, 6.45) is 6.34. The third-order valence-electron chi connectivity index (χ3n) is 5.28. The number of primary sulfonamides is 1. The summed E-state index contributed by atoms with van der Waals surface area (Å²) < 4.78 is 26.2. The molecule has 0 fully saturated rings. The van der Waals surface area contributed by atoms with E-state index in [0.717, 1.165) is 60.3 Å². The number of aromatic nitrogens is 4. The summed E-state index contributed by atoms with van der Waals surface area (Å²) in [6.45, 7) is 2.92. The first-order valence-corrected chi connectivity index (χ1v) is 14.0. The van der Waals surface area contributed by atoms with Crippen LogP contribution in [0.2, 0.25) is 0 Å². The number of pyridine rings is 2. The zero-order valence-electron chi connectivity index (χ0n) is 19.5. The molecule has 3 rings (SSSR count). The third kappa shape index (κ3) is 10.6. The maximum atomic E-state index is 12.2. The molecular weight excluding hydrogens is 486 g/mol. The van der Waals surface area contributed by atoms with Gasteiger partial charge in [0.05, 0.1) is 22.8 Å². The third-order valence-corrected chi connectivity index (χ3v) is 6.88. The molecule has 0 spiro atoms. The molecule has 0 aliphatic heterocycles. The summed E-state index contributed by atoms with van der Waals surface area (Å²) in [5, 5.41) is 12.0. The van der Waals surface area contributed by atoms with Gasteiger partial charge in [-0.25, -0.2) is 13.6 Å². The van der Waals surface area contributed by atoms with E-state index in [1.165, 1.54) is 0 Å². The lowest BCUT2D eigenvalue weighted by Gasteiger charge is -2.21. The Balaban J connectivity index is 1.38. The Morgan fingerprint density at radius 1 is 1.00 bits per heavy atom. The van der Waals surface area contributed by atoms with Gasteiger partial charge in [0.2, 0.25) is 15.9 Å². The first-order valence-electron chi connectivity index (χ1n) is 11.5. The summed E-state index contributed by atoms with van der Waals surface area (Å²) in [5.74, 6) is -0.220. The number of carbonyl (C=O) groups excluding carboxylic acids is 1. The van der Waals surface area contributed by atoms with Gasteiger partial charge in [-0.15, -0.1) is 5.10 Å². The highest BCUT2D eigenvalue weighted by atomic mass is 32.2. The van der Waals surface area contributed by atoms with Crippen molar-refractivity contribution in [3.63, 3.8) is 0 Å². The van der Waals surface area contributed by atoms with E-state index in [9.17, 15) is 13.2 Å². The molecule has 3 aromatic rings. The van der Waals surface area contributed by atoms with E-state index in [2.05, 4.69) is 29.8 Å². The van der Waals surface area contributed by atoms with Crippen LogP contribution in [-0.4, -0.2) is 57.6 Å². The summed E-state index contributed by atoms with van der Waals surface area (Å²) in [4.78, 5) is 24.2. The number of carbonyl (C=O) groups is 1. The topological polar surface area (TPSA) is 144 Å². The molecule has 0 aromatic carbocycles. The van der Waals surface area contributed by atoms with Crippen LogP contribution in [0.25, 0.3) is 0 Å². The van der Waals surface area contributed by atoms with Crippen LogP contribution in [0.4, 0.5) is 0 Å². The van der Waals surface area contributed by atoms with Crippen molar-refractivity contribution in [2.75, 3.05) is 18.8 Å². The van der Waals surface area contributed by atoms with Crippen LogP contribution in [0.3, 0.4) is 0 Å². The van der Waals surface area contributed by atoms with Crippen molar-refractivity contribution in [1.82, 2.24) is 29.8 Å². The second kappa shape index (κ2) is 13.9. The van der Waals surface area contributed by atoms with Gasteiger partial charge < -0.3 is 5.32 Å². The number of amides is 1. The molecule has 0 saturated heterocycles. The standard InChI is InChI=1S/C23H31N7O3S2/c24-35(32,33)16-11-22-21(28-29-34-22)9-10-23(31)27-14-5-6-15-30(17-19-7-1-3-12-25-19)18-20-8-2-4-13-26-20/h1-4,7-8,12-13H,5-6,9-11,14-18H2,(H,27,31)(H2,24,32,33). The number of nitrogens with zero attached hydrogens (tertiary/aromatic N) is 5. The van der Waals surface area contributed by atoms with Crippen LogP contribution in [0.1, 0.15) is 41.2 Å². The van der Waals surface area contributed by atoms with Crippen LogP contribution in [0.15, 0.2) is 48.8 Å². The van der Waals surface area contributed by atoms with E-state index in [-0.39, 0.29) is 24.5 Å². The van der Waals surface area contributed by atoms with Crippen LogP contribution in [-0.2, 0) is 40.7 Å². The zero-order valence-corrected chi connectivity index (χ0v) is 21.2. The molecule has 188 valence electrons. The van der Waals surface area contributed by atoms with Gasteiger partial charge in [0.25, 0.3) is 0 Å². The predicted molar refractivity (Wildman–Crippen MR) is 135 cm³/mol. The van der Waals surface area contributed by atoms with E-state index in [4.69, 9.17) is 5.14 Å². The minimum Gasteiger partial charge on any atom is -0.356 e. The lowest BCUT2D eigenvalue weighted by atomic mass is 10.2. The van der Waals surface area contributed by atoms with Gasteiger partial charge in [-0.2, -0.15) is 0 Å². The SMILES string of the molecule is NS(=O)(=O)CCc1snnc1CCC(=O)NCCCCN(Cc1ccccn1)Cc1ccccn1. The average molecular weight is 518 g/mol. The molecule has 0 aliphatic carbocycles. The van der Waals surface area contributed by atoms with Crippen LogP contribution in [0.5, 0.6) is 0 Å². The molecule has 0 saturated carbocycles. The van der Waals surface area contributed by atoms with Crippen molar-refractivity contribution in [3.05, 3.63) is 70.8 Å². The zero-order chi connectivity index (χ0) is 24.9. The molecule has 12 heteroatoms. The Labute approximate surface area is 210 Å². The molecule has 0 radical (unpaired) electrons. The van der Waals surface area contributed by atoms with Gasteiger partial charge in [-0.05, 0) is 55.2 Å². The molecule has 0 aliphatic rings. The molecule has 0 atom stereocenters. The molecule has 0 bridgehead atoms. The van der Waals surface area contributed by atoms with E-state index < -0.39 is 10.0 Å². The maximum Gasteiger partial charge on any atom is 0.220 e. The number of hydrogen-bond donors (Lipinski definition) is 2. The van der Waals surface area contributed by atoms with Gasteiger partial charge in [0, 0.05) is 56.2 Å². The monoisotopic (exact) mass is 517 g/mol. The lowest BCUT2D eigenvalue weighted by molar-refractivity contribution is -0.121. The Kier molecular flexibility index (Phi) is 10.7. The van der Waals surface area contributed by atoms with Crippen molar-refractivity contribution in [1.29, 1.82) is 0 Å². The van der Waals surface area contributed by atoms with Gasteiger partial charge >= 0.3 is 0 Å². The number of aryl methyl sites for hydroxylation is 2. The highest BCUT2D eigenvalue weighted by molar-refractivity contribution is 7.89. The Hall–Kier alpha value is -2.80. The molecular formula is C23H31N7O3S2. The molecule has 3 N–H and O–H groups in total. The fourth-order valence-corrected chi connectivity index (χ4v) is 4.80. The first-order chi connectivity index (χ1) is 16.9. The van der Waals surface area contributed by atoms with Gasteiger partial charge in [0.1, 0.15) is 0 Å². The smallest absolute Gasteiger partial charge is 0.220 e. The van der Waals surface area contributed by atoms with Crippen LogP contribution in [0, 0.1) is 0 Å². The maximum absolute atomic E-state index is 12.2. The van der Waals surface area contributed by atoms with E-state index in [0.29, 0.717) is 18.7 Å². The van der Waals surface area contributed by atoms with Crippen molar-refractivity contribution >= 4 is 27.5 Å².